The third-order valence-corrected chi connectivity index (χ3v) is 15.4. The maximum Gasteiger partial charge on any atom is 0.408 e. The zero-order valence-corrected chi connectivity index (χ0v) is 33.1. The minimum atomic E-state index is -3.98. The first-order valence-corrected chi connectivity index (χ1v) is 21.5. The molecule has 3 saturated carbocycles. The van der Waals surface area contributed by atoms with Gasteiger partial charge in [-0.05, 0) is 90.0 Å². The van der Waals surface area contributed by atoms with E-state index in [-0.39, 0.29) is 25.3 Å². The SMILES string of the molecule is Cc1nc2ccccc2c2c1O[C@]1(CC2)C[C@H]2C(=O)N[C@]3(C(=O)NS(=O)(=O)C4(C)CC4)C[C@H]3/C=C\CCCCC[C@H](NC(=O)OC3(C(C)C)CC3)C(=O)N2C1. The monoisotopic (exact) mass is 775 g/mol. The molecule has 3 aliphatic heterocycles. The number of pyridine rings is 1. The summed E-state index contributed by atoms with van der Waals surface area (Å²) >= 11 is 0. The van der Waals surface area contributed by atoms with Crippen molar-refractivity contribution in [3.63, 3.8) is 0 Å². The van der Waals surface area contributed by atoms with Crippen LogP contribution < -0.4 is 20.1 Å². The zero-order valence-electron chi connectivity index (χ0n) is 32.2. The molecule has 4 heterocycles. The Labute approximate surface area is 322 Å². The van der Waals surface area contributed by atoms with E-state index in [1.54, 1.807) is 6.92 Å². The number of fused-ring (bicyclic) bond motifs is 5. The van der Waals surface area contributed by atoms with Crippen molar-refractivity contribution in [2.24, 2.45) is 11.8 Å². The normalized spacial score (nSPS) is 31.4. The van der Waals surface area contributed by atoms with Crippen molar-refractivity contribution in [1.29, 1.82) is 0 Å². The Morgan fingerprint density at radius 3 is 2.55 bits per heavy atom. The van der Waals surface area contributed by atoms with Crippen LogP contribution in [-0.4, -0.2) is 82.2 Å². The van der Waals surface area contributed by atoms with Gasteiger partial charge < -0.3 is 25.0 Å². The molecule has 8 rings (SSSR count). The summed E-state index contributed by atoms with van der Waals surface area (Å²) in [6.45, 7) is 7.60. The molecule has 0 radical (unpaired) electrons. The summed E-state index contributed by atoms with van der Waals surface area (Å²) in [5.74, 6) is -1.40. The smallest absolute Gasteiger partial charge is 0.408 e. The topological polar surface area (TPSA) is 173 Å². The highest BCUT2D eigenvalue weighted by Gasteiger charge is 2.64. The standard InChI is InChI=1S/C41H53N5O8S/c1-25(2)40(20-21-40)54-37(50)43-31-15-9-7-5-6-8-12-27-22-41(27,36(49)45-55(51,52)38(4)18-19-38)44-34(47)32-23-39(24-46(32)35(31)48)17-16-29-28-13-10-11-14-30(28)42-26(3)33(29)53-39/h8,10-14,25,27,31-32H,5-7,9,15-24H2,1-4H3,(H,43,50)(H,44,47)(H,45,49)/b12-8-/t27-,31+,32+,39-,41-/m1/s1. The van der Waals surface area contributed by atoms with E-state index in [4.69, 9.17) is 14.5 Å². The molecule has 1 spiro atoms. The van der Waals surface area contributed by atoms with Gasteiger partial charge in [-0.1, -0.05) is 57.0 Å². The summed E-state index contributed by atoms with van der Waals surface area (Å²) in [7, 11) is -3.98. The summed E-state index contributed by atoms with van der Waals surface area (Å²) in [5, 5.41) is 6.84. The van der Waals surface area contributed by atoms with Crippen LogP contribution in [0.2, 0.25) is 0 Å². The fourth-order valence-corrected chi connectivity index (χ4v) is 10.2. The number of carbonyl (C=O) groups is 4. The predicted octanol–water partition coefficient (Wildman–Crippen LogP) is 4.89. The van der Waals surface area contributed by atoms with Crippen LogP contribution in [0.5, 0.6) is 5.75 Å². The second-order valence-corrected chi connectivity index (χ2v) is 19.7. The van der Waals surface area contributed by atoms with E-state index in [0.717, 1.165) is 42.1 Å². The fourth-order valence-electron chi connectivity index (χ4n) is 8.92. The van der Waals surface area contributed by atoms with Gasteiger partial charge in [-0.2, -0.15) is 0 Å². The van der Waals surface area contributed by atoms with Crippen LogP contribution in [0.1, 0.15) is 109 Å². The van der Waals surface area contributed by atoms with Crippen molar-refractivity contribution in [2.75, 3.05) is 6.54 Å². The maximum absolute atomic E-state index is 14.8. The summed E-state index contributed by atoms with van der Waals surface area (Å²) in [6.07, 6.45) is 10.5. The number of hydrogen-bond acceptors (Lipinski definition) is 9. The first kappa shape index (κ1) is 37.7. The molecule has 1 aromatic heterocycles. The highest BCUT2D eigenvalue weighted by atomic mass is 32.2. The summed E-state index contributed by atoms with van der Waals surface area (Å²) in [6, 6.07) is 5.88. The number of benzene rings is 1. The third kappa shape index (κ3) is 6.86. The minimum Gasteiger partial charge on any atom is -0.483 e. The first-order chi connectivity index (χ1) is 26.1. The van der Waals surface area contributed by atoms with Crippen LogP contribution in [0.15, 0.2) is 36.4 Å². The molecule has 4 fully saturated rings. The Bertz CT molecular complexity index is 2080. The van der Waals surface area contributed by atoms with Gasteiger partial charge in [0.15, 0.2) is 0 Å². The number of rotatable bonds is 6. The molecule has 14 heteroatoms. The number of alkyl carbamates (subject to hydrolysis) is 1. The molecule has 1 saturated heterocycles. The largest absolute Gasteiger partial charge is 0.483 e. The number of amides is 4. The second kappa shape index (κ2) is 13.5. The Morgan fingerprint density at radius 2 is 1.82 bits per heavy atom. The van der Waals surface area contributed by atoms with Gasteiger partial charge in [-0.15, -0.1) is 0 Å². The Kier molecular flexibility index (Phi) is 9.24. The average Bonchev–Trinajstić information content (AvgIpc) is 4.09. The van der Waals surface area contributed by atoms with Crippen molar-refractivity contribution in [3.8, 4) is 5.75 Å². The van der Waals surface area contributed by atoms with Gasteiger partial charge in [0.2, 0.25) is 21.8 Å². The van der Waals surface area contributed by atoms with Gasteiger partial charge in [-0.3, -0.25) is 19.1 Å². The minimum absolute atomic E-state index is 0.0774. The number of ether oxygens (including phenoxy) is 2. The number of carbonyl (C=O) groups excluding carboxylic acids is 4. The molecular formula is C41H53N5O8S. The van der Waals surface area contributed by atoms with Crippen molar-refractivity contribution in [3.05, 3.63) is 47.7 Å². The lowest BCUT2D eigenvalue weighted by Crippen LogP contribution is -2.58. The van der Waals surface area contributed by atoms with E-state index < -0.39 is 73.3 Å². The molecule has 2 aromatic rings. The van der Waals surface area contributed by atoms with Crippen molar-refractivity contribution >= 4 is 44.7 Å². The van der Waals surface area contributed by atoms with Crippen LogP contribution in [0, 0.1) is 18.8 Å². The highest BCUT2D eigenvalue weighted by Crippen LogP contribution is 2.49. The Balaban J connectivity index is 1.12. The van der Waals surface area contributed by atoms with Crippen LogP contribution in [0.4, 0.5) is 4.79 Å². The van der Waals surface area contributed by atoms with Crippen LogP contribution in [0.25, 0.3) is 10.9 Å². The number of nitrogens with zero attached hydrogens (tertiary/aromatic N) is 2. The predicted molar refractivity (Wildman–Crippen MR) is 204 cm³/mol. The molecular weight excluding hydrogens is 723 g/mol. The highest BCUT2D eigenvalue weighted by molar-refractivity contribution is 7.91. The molecule has 5 atom stereocenters. The van der Waals surface area contributed by atoms with Gasteiger partial charge in [0.05, 0.1) is 22.5 Å². The lowest BCUT2D eigenvalue weighted by Gasteiger charge is -2.36. The van der Waals surface area contributed by atoms with E-state index in [9.17, 15) is 27.6 Å². The van der Waals surface area contributed by atoms with E-state index >= 15 is 0 Å². The second-order valence-electron chi connectivity index (χ2n) is 17.5. The summed E-state index contributed by atoms with van der Waals surface area (Å²) in [5.41, 5.74) is -0.375. The summed E-state index contributed by atoms with van der Waals surface area (Å²) in [4.78, 5) is 63.2. The lowest BCUT2D eigenvalue weighted by molar-refractivity contribution is -0.141. The van der Waals surface area contributed by atoms with Crippen molar-refractivity contribution < 1.29 is 37.1 Å². The molecule has 296 valence electrons. The number of allylic oxidation sites excluding steroid dienone is 1. The van der Waals surface area contributed by atoms with Crippen LogP contribution in [-0.2, 0) is 35.6 Å². The Morgan fingerprint density at radius 1 is 1.05 bits per heavy atom. The van der Waals surface area contributed by atoms with Gasteiger partial charge in [-0.25, -0.2) is 18.2 Å². The van der Waals surface area contributed by atoms with E-state index in [0.29, 0.717) is 56.4 Å². The number of para-hydroxylation sites is 1. The Hall–Kier alpha value is -4.20. The summed E-state index contributed by atoms with van der Waals surface area (Å²) < 4.78 is 40.5. The number of aromatic nitrogens is 1. The maximum atomic E-state index is 14.8. The van der Waals surface area contributed by atoms with Gasteiger partial charge in [0, 0.05) is 23.3 Å². The van der Waals surface area contributed by atoms with Crippen LogP contribution >= 0.6 is 0 Å². The molecule has 6 aliphatic rings. The third-order valence-electron chi connectivity index (χ3n) is 13.3. The molecule has 0 bridgehead atoms. The van der Waals surface area contributed by atoms with Crippen molar-refractivity contribution in [1.82, 2.24) is 25.2 Å². The number of nitrogens with one attached hydrogen (secondary N) is 3. The average molecular weight is 776 g/mol. The fraction of sp³-hybridized carbons (Fsp3) is 0.634. The molecule has 55 heavy (non-hydrogen) atoms. The molecule has 13 nitrogen and oxygen atoms in total. The van der Waals surface area contributed by atoms with Crippen molar-refractivity contribution in [2.45, 2.75) is 145 Å². The zero-order chi connectivity index (χ0) is 39.0. The molecule has 0 unspecified atom stereocenters. The molecule has 4 amide bonds. The first-order valence-electron chi connectivity index (χ1n) is 20.0. The van der Waals surface area contributed by atoms with E-state index in [1.807, 2.05) is 57.2 Å². The molecule has 1 aromatic carbocycles. The van der Waals surface area contributed by atoms with E-state index in [1.165, 1.54) is 4.90 Å². The van der Waals surface area contributed by atoms with E-state index in [2.05, 4.69) is 15.4 Å². The van der Waals surface area contributed by atoms with Gasteiger partial charge >= 0.3 is 6.09 Å². The quantitative estimate of drug-likeness (QED) is 0.346. The number of aryl methyl sites for hydroxylation is 2. The number of hydrogen-bond donors (Lipinski definition) is 3. The number of sulfonamides is 1. The van der Waals surface area contributed by atoms with Crippen LogP contribution in [0.3, 0.4) is 0 Å². The molecule has 3 aliphatic carbocycles. The van der Waals surface area contributed by atoms with Gasteiger partial charge in [0.25, 0.3) is 5.91 Å². The van der Waals surface area contributed by atoms with Gasteiger partial charge in [0.1, 0.15) is 34.6 Å². The lowest BCUT2D eigenvalue weighted by atomic mass is 9.87. The molecule has 3 N–H and O–H groups in total.